The van der Waals surface area contributed by atoms with Crippen molar-refractivity contribution in [2.45, 2.75) is 4.90 Å². The van der Waals surface area contributed by atoms with Crippen LogP contribution in [0.25, 0.3) is 0 Å². The number of hydrogen-bond acceptors (Lipinski definition) is 4. The van der Waals surface area contributed by atoms with E-state index in [4.69, 9.17) is 22.0 Å². The maximum atomic E-state index is 12.3. The van der Waals surface area contributed by atoms with Crippen molar-refractivity contribution < 1.29 is 18.3 Å². The molecule has 1 aromatic rings. The number of halogens is 1. The van der Waals surface area contributed by atoms with Gasteiger partial charge in [-0.3, -0.25) is 4.79 Å². The molecular weight excluding hydrogens is 304 g/mol. The minimum absolute atomic E-state index is 0.136. The molecule has 20 heavy (non-hydrogen) atoms. The molecule has 0 aromatic heterocycles. The topological polar surface area (TPSA) is 98.5 Å². The van der Waals surface area contributed by atoms with Crippen LogP contribution >= 0.6 is 11.6 Å². The van der Waals surface area contributed by atoms with E-state index < -0.39 is 22.5 Å². The summed E-state index contributed by atoms with van der Waals surface area (Å²) in [5.41, 5.74) is 0.211. The zero-order valence-corrected chi connectivity index (χ0v) is 11.9. The molecule has 0 bridgehead atoms. The molecule has 1 aromatic carbocycles. The molecule has 0 atom stereocenters. The second-order valence-corrected chi connectivity index (χ2v) is 6.05. The van der Waals surface area contributed by atoms with Gasteiger partial charge in [-0.25, -0.2) is 8.42 Å². The Hall–Kier alpha value is -1.88. The van der Waals surface area contributed by atoms with Gasteiger partial charge in [0.25, 0.3) is 0 Å². The van der Waals surface area contributed by atoms with Crippen LogP contribution in [0.2, 0.25) is 5.02 Å². The Bertz CT molecular complexity index is 679. The first-order chi connectivity index (χ1) is 9.32. The van der Waals surface area contributed by atoms with Crippen molar-refractivity contribution in [2.75, 3.05) is 13.1 Å². The molecule has 6 nitrogen and oxygen atoms in total. The van der Waals surface area contributed by atoms with Gasteiger partial charge in [0.05, 0.1) is 16.7 Å². The number of benzene rings is 1. The van der Waals surface area contributed by atoms with Crippen LogP contribution in [0.15, 0.2) is 35.7 Å². The largest absolute Gasteiger partial charge is 0.480 e. The highest BCUT2D eigenvalue weighted by Gasteiger charge is 2.27. The molecule has 0 spiro atoms. The fourth-order valence-corrected chi connectivity index (χ4v) is 3.34. The lowest BCUT2D eigenvalue weighted by molar-refractivity contribution is -0.137. The van der Waals surface area contributed by atoms with Crippen LogP contribution < -0.4 is 0 Å². The average molecular weight is 315 g/mol. The Balaban J connectivity index is 3.29. The summed E-state index contributed by atoms with van der Waals surface area (Å²) >= 11 is 5.84. The zero-order chi connectivity index (χ0) is 15.3. The Labute approximate surface area is 121 Å². The van der Waals surface area contributed by atoms with E-state index in [1.807, 2.05) is 6.07 Å². The predicted octanol–water partition coefficient (Wildman–Crippen LogP) is 1.47. The maximum Gasteiger partial charge on any atom is 0.318 e. The number of hydrogen-bond donors (Lipinski definition) is 1. The summed E-state index contributed by atoms with van der Waals surface area (Å²) in [4.78, 5) is 10.5. The van der Waals surface area contributed by atoms with Crippen molar-refractivity contribution in [1.29, 1.82) is 5.26 Å². The van der Waals surface area contributed by atoms with Gasteiger partial charge in [-0.2, -0.15) is 9.57 Å². The highest BCUT2D eigenvalue weighted by atomic mass is 35.5. The smallest absolute Gasteiger partial charge is 0.318 e. The quantitative estimate of drug-likeness (QED) is 0.802. The first-order valence-electron chi connectivity index (χ1n) is 5.35. The maximum absolute atomic E-state index is 12.3. The molecule has 106 valence electrons. The summed E-state index contributed by atoms with van der Waals surface area (Å²) in [6.45, 7) is 2.52. The number of nitrogens with zero attached hydrogens (tertiary/aromatic N) is 2. The third-order valence-corrected chi connectivity index (χ3v) is 4.62. The van der Waals surface area contributed by atoms with Crippen molar-refractivity contribution in [1.82, 2.24) is 4.31 Å². The fourth-order valence-electron chi connectivity index (χ4n) is 1.46. The number of carboxylic acid groups (broad SMARTS) is 1. The molecule has 1 rings (SSSR count). The second kappa shape index (κ2) is 6.52. The van der Waals surface area contributed by atoms with E-state index in [0.717, 1.165) is 4.31 Å². The van der Waals surface area contributed by atoms with Crippen LogP contribution in [0, 0.1) is 11.3 Å². The van der Waals surface area contributed by atoms with Gasteiger partial charge in [-0.15, -0.1) is 6.58 Å². The Morgan fingerprint density at radius 3 is 2.65 bits per heavy atom. The van der Waals surface area contributed by atoms with Crippen LogP contribution in [0.3, 0.4) is 0 Å². The zero-order valence-electron chi connectivity index (χ0n) is 10.3. The third kappa shape index (κ3) is 3.57. The second-order valence-electron chi connectivity index (χ2n) is 3.74. The number of carbonyl (C=O) groups is 1. The molecule has 0 heterocycles. The van der Waals surface area contributed by atoms with Gasteiger partial charge in [-0.1, -0.05) is 17.7 Å². The van der Waals surface area contributed by atoms with Crippen LogP contribution in [0.5, 0.6) is 0 Å². The molecule has 0 fully saturated rings. The molecule has 0 aliphatic heterocycles. The number of rotatable bonds is 6. The van der Waals surface area contributed by atoms with E-state index >= 15 is 0 Å². The highest BCUT2D eigenvalue weighted by molar-refractivity contribution is 7.89. The van der Waals surface area contributed by atoms with Crippen molar-refractivity contribution in [3.8, 4) is 6.07 Å². The molecule has 0 aliphatic rings. The van der Waals surface area contributed by atoms with Gasteiger partial charge in [-0.05, 0) is 18.2 Å². The van der Waals surface area contributed by atoms with E-state index in [9.17, 15) is 13.2 Å². The lowest BCUT2D eigenvalue weighted by Crippen LogP contribution is -2.35. The van der Waals surface area contributed by atoms with Crippen molar-refractivity contribution in [3.05, 3.63) is 41.4 Å². The summed E-state index contributed by atoms with van der Waals surface area (Å²) in [5, 5.41) is 17.3. The minimum atomic E-state index is -4.07. The third-order valence-electron chi connectivity index (χ3n) is 2.32. The monoisotopic (exact) mass is 314 g/mol. The minimum Gasteiger partial charge on any atom is -0.480 e. The summed E-state index contributed by atoms with van der Waals surface area (Å²) in [7, 11) is -4.07. The lowest BCUT2D eigenvalue weighted by Gasteiger charge is -2.19. The summed E-state index contributed by atoms with van der Waals surface area (Å²) in [6.07, 6.45) is 1.28. The molecule has 0 unspecified atom stereocenters. The Morgan fingerprint density at radius 1 is 1.55 bits per heavy atom. The molecule has 0 aliphatic carbocycles. The molecular formula is C12H11ClN2O4S. The van der Waals surface area contributed by atoms with E-state index in [-0.39, 0.29) is 22.0 Å². The Morgan fingerprint density at radius 2 is 2.20 bits per heavy atom. The van der Waals surface area contributed by atoms with Gasteiger partial charge in [0.15, 0.2) is 0 Å². The fraction of sp³-hybridized carbons (Fsp3) is 0.167. The van der Waals surface area contributed by atoms with E-state index in [2.05, 4.69) is 6.58 Å². The van der Waals surface area contributed by atoms with Gasteiger partial charge in [0.1, 0.15) is 11.4 Å². The first kappa shape index (κ1) is 16.2. The standard InChI is InChI=1S/C12H11ClN2O4S/c1-2-5-15(8-12(16)17)20(18,19)11-4-3-9(7-14)6-10(11)13/h2-4,6H,1,5,8H2,(H,16,17). The predicted molar refractivity (Wildman–Crippen MR) is 72.8 cm³/mol. The van der Waals surface area contributed by atoms with Crippen LogP contribution in [0.4, 0.5) is 0 Å². The summed E-state index contributed by atoms with van der Waals surface area (Å²) < 4.78 is 25.4. The number of sulfonamides is 1. The summed E-state index contributed by atoms with van der Waals surface area (Å²) in [5.74, 6) is -1.29. The van der Waals surface area contributed by atoms with Crippen molar-refractivity contribution in [2.24, 2.45) is 0 Å². The van der Waals surface area contributed by atoms with Gasteiger partial charge >= 0.3 is 5.97 Å². The first-order valence-corrected chi connectivity index (χ1v) is 7.17. The SMILES string of the molecule is C=CCN(CC(=O)O)S(=O)(=O)c1ccc(C#N)cc1Cl. The lowest BCUT2D eigenvalue weighted by atomic mass is 10.2. The molecule has 0 saturated heterocycles. The van der Waals surface area contributed by atoms with Crippen LogP contribution in [0.1, 0.15) is 5.56 Å². The number of nitriles is 1. The van der Waals surface area contributed by atoms with E-state index in [1.54, 1.807) is 0 Å². The highest BCUT2D eigenvalue weighted by Crippen LogP contribution is 2.25. The van der Waals surface area contributed by atoms with E-state index in [1.165, 1.54) is 24.3 Å². The average Bonchev–Trinajstić information content (AvgIpc) is 2.37. The van der Waals surface area contributed by atoms with Crippen molar-refractivity contribution >= 4 is 27.6 Å². The normalized spacial score (nSPS) is 11.1. The molecule has 0 amide bonds. The molecule has 1 N–H and O–H groups in total. The summed E-state index contributed by atoms with van der Waals surface area (Å²) in [6, 6.07) is 5.51. The van der Waals surface area contributed by atoms with Crippen LogP contribution in [-0.2, 0) is 14.8 Å². The molecule has 0 saturated carbocycles. The van der Waals surface area contributed by atoms with Gasteiger partial charge in [0.2, 0.25) is 10.0 Å². The number of carboxylic acids is 1. The molecule has 8 heteroatoms. The van der Waals surface area contributed by atoms with Crippen LogP contribution in [-0.4, -0.2) is 36.9 Å². The van der Waals surface area contributed by atoms with Gasteiger partial charge in [0, 0.05) is 6.54 Å². The Kier molecular flexibility index (Phi) is 5.27. The van der Waals surface area contributed by atoms with Crippen molar-refractivity contribution in [3.63, 3.8) is 0 Å². The number of aliphatic carboxylic acids is 1. The van der Waals surface area contributed by atoms with E-state index in [0.29, 0.717) is 0 Å². The van der Waals surface area contributed by atoms with Gasteiger partial charge < -0.3 is 5.11 Å². The molecule has 0 radical (unpaired) electrons.